The van der Waals surface area contributed by atoms with Crippen LogP contribution in [-0.2, 0) is 9.53 Å². The zero-order valence-electron chi connectivity index (χ0n) is 14.0. The van der Waals surface area contributed by atoms with Gasteiger partial charge in [0.05, 0.1) is 22.1 Å². The summed E-state index contributed by atoms with van der Waals surface area (Å²) in [5.74, 6) is -1.13. The topological polar surface area (TPSA) is 51.2 Å². The summed E-state index contributed by atoms with van der Waals surface area (Å²) in [5, 5.41) is 3.57. The third kappa shape index (κ3) is 3.08. The molecule has 0 unspecified atom stereocenters. The second-order valence-corrected chi connectivity index (χ2v) is 7.61. The molecule has 1 amide bonds. The van der Waals surface area contributed by atoms with Gasteiger partial charge in [0, 0.05) is 29.9 Å². The van der Waals surface area contributed by atoms with E-state index < -0.39 is 18.2 Å². The van der Waals surface area contributed by atoms with Crippen LogP contribution in [0.15, 0.2) is 36.5 Å². The van der Waals surface area contributed by atoms with E-state index in [1.165, 1.54) is 0 Å². The zero-order valence-corrected chi connectivity index (χ0v) is 15.5. The minimum Gasteiger partial charge on any atom is -0.370 e. The molecule has 2 saturated heterocycles. The Kier molecular flexibility index (Phi) is 4.63. The highest BCUT2D eigenvalue weighted by molar-refractivity contribution is 6.42. The highest BCUT2D eigenvalue weighted by Gasteiger charge is 2.57. The number of benzene rings is 1. The Balaban J connectivity index is 1.62. The number of hydrogen-bond acceptors (Lipinski definition) is 3. The average molecular weight is 395 g/mol. The number of alkyl halides is 1. The van der Waals surface area contributed by atoms with E-state index in [4.69, 9.17) is 27.9 Å². The van der Waals surface area contributed by atoms with Crippen LogP contribution in [-0.4, -0.2) is 29.3 Å². The van der Waals surface area contributed by atoms with Gasteiger partial charge in [-0.25, -0.2) is 4.39 Å². The van der Waals surface area contributed by atoms with Gasteiger partial charge >= 0.3 is 0 Å². The first-order chi connectivity index (χ1) is 12.4. The van der Waals surface area contributed by atoms with E-state index in [2.05, 4.69) is 10.3 Å². The number of nitrogens with zero attached hydrogens (tertiary/aromatic N) is 1. The van der Waals surface area contributed by atoms with Gasteiger partial charge in [-0.2, -0.15) is 0 Å². The Hall–Kier alpha value is -1.69. The van der Waals surface area contributed by atoms with E-state index in [0.29, 0.717) is 22.2 Å². The SMILES string of the molecule is Cc1ccc([C@@H]2[C@@H](C(=O)Nc3ccc(Cl)c(Cl)c3)[C@@H]3O[C@H]2C[C@H]3F)cn1. The van der Waals surface area contributed by atoms with Crippen LogP contribution >= 0.6 is 23.2 Å². The lowest BCUT2D eigenvalue weighted by Gasteiger charge is -2.29. The van der Waals surface area contributed by atoms with Crippen LogP contribution in [0.25, 0.3) is 0 Å². The summed E-state index contributed by atoms with van der Waals surface area (Å²) in [7, 11) is 0. The molecule has 4 rings (SSSR count). The molecule has 2 bridgehead atoms. The number of anilines is 1. The number of carbonyl (C=O) groups excluding carboxylic acids is 1. The van der Waals surface area contributed by atoms with Crippen molar-refractivity contribution >= 4 is 34.8 Å². The van der Waals surface area contributed by atoms with Gasteiger partial charge in [0.25, 0.3) is 0 Å². The molecule has 26 heavy (non-hydrogen) atoms. The number of halogens is 3. The van der Waals surface area contributed by atoms with Crippen LogP contribution in [0, 0.1) is 12.8 Å². The molecular weight excluding hydrogens is 378 g/mol. The lowest BCUT2D eigenvalue weighted by atomic mass is 9.74. The monoisotopic (exact) mass is 394 g/mol. The standard InChI is InChI=1S/C19H17Cl2FN2O2/c1-9-2-3-10(8-23-9)16-15-7-14(22)18(26-15)17(16)19(25)24-11-4-5-12(20)13(21)6-11/h2-6,8,14-18H,7H2,1H3,(H,24,25)/t14-,15+,16+,17-,18-/m1/s1. The fourth-order valence-corrected chi connectivity index (χ4v) is 4.18. The lowest BCUT2D eigenvalue weighted by Crippen LogP contribution is -2.41. The minimum absolute atomic E-state index is 0.220. The number of nitrogens with one attached hydrogen (secondary N) is 1. The van der Waals surface area contributed by atoms with E-state index >= 15 is 0 Å². The molecular formula is C19H17Cl2FN2O2. The highest BCUT2D eigenvalue weighted by Crippen LogP contribution is 2.50. The van der Waals surface area contributed by atoms with Crippen LogP contribution in [0.3, 0.4) is 0 Å². The Morgan fingerprint density at radius 2 is 2.08 bits per heavy atom. The quantitative estimate of drug-likeness (QED) is 0.830. The minimum atomic E-state index is -1.14. The fourth-order valence-electron chi connectivity index (χ4n) is 3.89. The number of hydrogen-bond donors (Lipinski definition) is 1. The van der Waals surface area contributed by atoms with E-state index in [-0.39, 0.29) is 17.9 Å². The van der Waals surface area contributed by atoms with Gasteiger partial charge in [0.1, 0.15) is 12.3 Å². The maximum atomic E-state index is 14.3. The van der Waals surface area contributed by atoms with Gasteiger partial charge < -0.3 is 10.1 Å². The summed E-state index contributed by atoms with van der Waals surface area (Å²) in [6.07, 6.45) is -0.145. The summed E-state index contributed by atoms with van der Waals surface area (Å²) in [5.41, 5.74) is 2.30. The molecule has 2 aliphatic rings. The summed E-state index contributed by atoms with van der Waals surface area (Å²) < 4.78 is 20.1. The van der Waals surface area contributed by atoms with Gasteiger partial charge in [-0.1, -0.05) is 29.3 Å². The maximum Gasteiger partial charge on any atom is 0.230 e. The molecule has 1 N–H and O–H groups in total. The molecule has 1 aromatic heterocycles. The Morgan fingerprint density at radius 1 is 1.27 bits per heavy atom. The summed E-state index contributed by atoms with van der Waals surface area (Å²) in [6.45, 7) is 1.90. The molecule has 0 aliphatic carbocycles. The first-order valence-corrected chi connectivity index (χ1v) is 9.17. The van der Waals surface area contributed by atoms with E-state index in [1.807, 2.05) is 19.1 Å². The van der Waals surface area contributed by atoms with Gasteiger partial charge in [0.2, 0.25) is 5.91 Å². The van der Waals surface area contributed by atoms with Crippen LogP contribution in [0.2, 0.25) is 10.0 Å². The molecule has 7 heteroatoms. The van der Waals surface area contributed by atoms with Crippen molar-refractivity contribution in [2.75, 3.05) is 5.32 Å². The molecule has 4 nitrogen and oxygen atoms in total. The van der Waals surface area contributed by atoms with Crippen molar-refractivity contribution in [2.45, 2.75) is 37.6 Å². The molecule has 1 aromatic carbocycles. The summed E-state index contributed by atoms with van der Waals surface area (Å²) in [4.78, 5) is 17.3. The predicted octanol–water partition coefficient (Wildman–Crippen LogP) is 4.54. The smallest absolute Gasteiger partial charge is 0.230 e. The van der Waals surface area contributed by atoms with Crippen molar-refractivity contribution in [3.8, 4) is 0 Å². The van der Waals surface area contributed by atoms with E-state index in [1.54, 1.807) is 24.4 Å². The average Bonchev–Trinajstić information content (AvgIpc) is 3.16. The van der Waals surface area contributed by atoms with Crippen molar-refractivity contribution in [1.29, 1.82) is 0 Å². The van der Waals surface area contributed by atoms with Gasteiger partial charge in [0.15, 0.2) is 0 Å². The normalized spacial score (nSPS) is 29.8. The molecule has 3 heterocycles. The lowest BCUT2D eigenvalue weighted by molar-refractivity contribution is -0.122. The number of rotatable bonds is 3. The Labute approximate surface area is 160 Å². The molecule has 2 fully saturated rings. The molecule has 5 atom stereocenters. The molecule has 0 saturated carbocycles. The van der Waals surface area contributed by atoms with E-state index in [9.17, 15) is 9.18 Å². The number of fused-ring (bicyclic) bond motifs is 2. The van der Waals surface area contributed by atoms with Crippen LogP contribution in [0.5, 0.6) is 0 Å². The Bertz CT molecular complexity index is 846. The second kappa shape index (κ2) is 6.80. The van der Waals surface area contributed by atoms with Crippen molar-refractivity contribution in [1.82, 2.24) is 4.98 Å². The maximum absolute atomic E-state index is 14.3. The highest BCUT2D eigenvalue weighted by atomic mass is 35.5. The number of carbonyl (C=O) groups is 1. The van der Waals surface area contributed by atoms with Crippen molar-refractivity contribution in [2.24, 2.45) is 5.92 Å². The van der Waals surface area contributed by atoms with Crippen molar-refractivity contribution < 1.29 is 13.9 Å². The van der Waals surface area contributed by atoms with Crippen molar-refractivity contribution in [3.63, 3.8) is 0 Å². The number of aromatic nitrogens is 1. The number of aryl methyl sites for hydroxylation is 1. The van der Waals surface area contributed by atoms with Crippen LogP contribution in [0.4, 0.5) is 10.1 Å². The number of amides is 1. The first-order valence-electron chi connectivity index (χ1n) is 8.42. The third-order valence-corrected chi connectivity index (χ3v) is 5.84. The summed E-state index contributed by atoms with van der Waals surface area (Å²) in [6, 6.07) is 8.67. The molecule has 0 spiro atoms. The first kappa shape index (κ1) is 17.7. The fraction of sp³-hybridized carbons (Fsp3) is 0.368. The zero-order chi connectivity index (χ0) is 18.4. The van der Waals surface area contributed by atoms with Crippen LogP contribution < -0.4 is 5.32 Å². The third-order valence-electron chi connectivity index (χ3n) is 5.10. The van der Waals surface area contributed by atoms with Gasteiger partial charge in [-0.05, 0) is 36.8 Å². The number of ether oxygens (including phenoxy) is 1. The molecule has 0 radical (unpaired) electrons. The molecule has 136 valence electrons. The van der Waals surface area contributed by atoms with Crippen molar-refractivity contribution in [3.05, 3.63) is 57.8 Å². The summed E-state index contributed by atoms with van der Waals surface area (Å²) >= 11 is 11.9. The van der Waals surface area contributed by atoms with Crippen LogP contribution in [0.1, 0.15) is 23.6 Å². The van der Waals surface area contributed by atoms with Gasteiger partial charge in [-0.3, -0.25) is 9.78 Å². The number of pyridine rings is 1. The molecule has 2 aromatic rings. The van der Waals surface area contributed by atoms with Gasteiger partial charge in [-0.15, -0.1) is 0 Å². The largest absolute Gasteiger partial charge is 0.370 e. The predicted molar refractivity (Wildman–Crippen MR) is 98.5 cm³/mol. The second-order valence-electron chi connectivity index (χ2n) is 6.79. The molecule has 2 aliphatic heterocycles. The van der Waals surface area contributed by atoms with E-state index in [0.717, 1.165) is 11.3 Å². The Morgan fingerprint density at radius 3 is 2.77 bits per heavy atom.